The zero-order valence-electron chi connectivity index (χ0n) is 11.8. The molecule has 3 rings (SSSR count). The average molecular weight is 285 g/mol. The highest BCUT2D eigenvalue weighted by Crippen LogP contribution is 2.36. The van der Waals surface area contributed by atoms with Crippen molar-refractivity contribution in [3.63, 3.8) is 0 Å². The van der Waals surface area contributed by atoms with E-state index in [0.717, 1.165) is 28.7 Å². The summed E-state index contributed by atoms with van der Waals surface area (Å²) in [6.07, 6.45) is 3.02. The van der Waals surface area contributed by atoms with Crippen molar-refractivity contribution >= 4 is 33.8 Å². The molecular formula is C16H19N3S. The molecule has 2 heterocycles. The summed E-state index contributed by atoms with van der Waals surface area (Å²) in [5.41, 5.74) is 8.95. The average Bonchev–Trinajstić information content (AvgIpc) is 2.76. The number of pyridine rings is 1. The van der Waals surface area contributed by atoms with Crippen LogP contribution >= 0.6 is 12.2 Å². The Morgan fingerprint density at radius 1 is 1.35 bits per heavy atom. The van der Waals surface area contributed by atoms with Crippen LogP contribution in [0.5, 0.6) is 0 Å². The monoisotopic (exact) mass is 285 g/mol. The van der Waals surface area contributed by atoms with E-state index in [1.54, 1.807) is 0 Å². The Morgan fingerprint density at radius 2 is 2.10 bits per heavy atom. The van der Waals surface area contributed by atoms with Crippen molar-refractivity contribution in [1.82, 2.24) is 4.98 Å². The third-order valence-corrected chi connectivity index (χ3v) is 4.30. The minimum absolute atomic E-state index is 0.421. The number of rotatable bonds is 2. The maximum Gasteiger partial charge on any atom is 0.107 e. The highest BCUT2D eigenvalue weighted by atomic mass is 32.1. The van der Waals surface area contributed by atoms with Gasteiger partial charge in [0.2, 0.25) is 0 Å². The van der Waals surface area contributed by atoms with Crippen LogP contribution in [0.4, 0.5) is 5.69 Å². The van der Waals surface area contributed by atoms with E-state index in [1.807, 2.05) is 24.4 Å². The molecule has 0 aliphatic carbocycles. The van der Waals surface area contributed by atoms with Gasteiger partial charge in [0.15, 0.2) is 0 Å². The van der Waals surface area contributed by atoms with Gasteiger partial charge in [-0.15, -0.1) is 0 Å². The minimum Gasteiger partial charge on any atom is -0.389 e. The van der Waals surface area contributed by atoms with Gasteiger partial charge in [-0.1, -0.05) is 37.3 Å². The fourth-order valence-corrected chi connectivity index (χ4v) is 3.38. The quantitative estimate of drug-likeness (QED) is 0.861. The Hall–Kier alpha value is -1.68. The summed E-state index contributed by atoms with van der Waals surface area (Å²) in [4.78, 5) is 7.34. The van der Waals surface area contributed by atoms with Crippen LogP contribution in [-0.2, 0) is 0 Å². The summed E-state index contributed by atoms with van der Waals surface area (Å²) in [6.45, 7) is 5.60. The summed E-state index contributed by atoms with van der Waals surface area (Å²) >= 11 is 5.23. The van der Waals surface area contributed by atoms with Crippen LogP contribution in [0.15, 0.2) is 30.5 Å². The first kappa shape index (κ1) is 13.3. The van der Waals surface area contributed by atoms with Gasteiger partial charge in [0.1, 0.15) is 4.99 Å². The van der Waals surface area contributed by atoms with Gasteiger partial charge >= 0.3 is 0 Å². The number of aromatic nitrogens is 1. The second kappa shape index (κ2) is 5.02. The molecule has 1 aliphatic rings. The lowest BCUT2D eigenvalue weighted by atomic mass is 10.1. The molecule has 0 radical (unpaired) electrons. The summed E-state index contributed by atoms with van der Waals surface area (Å²) in [7, 11) is 0. The summed E-state index contributed by atoms with van der Waals surface area (Å²) < 4.78 is 0. The summed E-state index contributed by atoms with van der Waals surface area (Å²) in [5, 5.41) is 1.14. The van der Waals surface area contributed by atoms with Crippen molar-refractivity contribution in [3.8, 4) is 0 Å². The largest absolute Gasteiger partial charge is 0.389 e. The number of nitrogens with zero attached hydrogens (tertiary/aromatic N) is 2. The second-order valence-electron chi connectivity index (χ2n) is 5.74. The molecule has 1 aromatic heterocycles. The number of hydrogen-bond acceptors (Lipinski definition) is 3. The first-order valence-corrected chi connectivity index (χ1v) is 7.43. The molecule has 20 heavy (non-hydrogen) atoms. The normalized spacial score (nSPS) is 22.4. The SMILES string of the molecule is CC1CC(C)N(c2c(C(N)=S)cnc3ccccc23)C1. The first-order valence-electron chi connectivity index (χ1n) is 7.02. The van der Waals surface area contributed by atoms with Gasteiger partial charge in [0.25, 0.3) is 0 Å². The maximum atomic E-state index is 5.92. The molecule has 1 fully saturated rings. The molecule has 4 heteroatoms. The topological polar surface area (TPSA) is 42.1 Å². The van der Waals surface area contributed by atoms with Crippen molar-refractivity contribution < 1.29 is 0 Å². The molecule has 3 nitrogen and oxygen atoms in total. The second-order valence-corrected chi connectivity index (χ2v) is 6.18. The smallest absolute Gasteiger partial charge is 0.107 e. The summed E-state index contributed by atoms with van der Waals surface area (Å²) in [5.74, 6) is 0.691. The Morgan fingerprint density at radius 3 is 2.75 bits per heavy atom. The van der Waals surface area contributed by atoms with Crippen LogP contribution in [0.1, 0.15) is 25.8 Å². The number of para-hydroxylation sites is 1. The molecule has 104 valence electrons. The maximum absolute atomic E-state index is 5.92. The van der Waals surface area contributed by atoms with E-state index >= 15 is 0 Å². The molecule has 2 N–H and O–H groups in total. The zero-order chi connectivity index (χ0) is 14.3. The lowest BCUT2D eigenvalue weighted by Gasteiger charge is -2.27. The number of anilines is 1. The fourth-order valence-electron chi connectivity index (χ4n) is 3.23. The zero-order valence-corrected chi connectivity index (χ0v) is 12.7. The van der Waals surface area contributed by atoms with E-state index in [9.17, 15) is 0 Å². The lowest BCUT2D eigenvalue weighted by Crippen LogP contribution is -2.29. The minimum atomic E-state index is 0.421. The number of hydrogen-bond donors (Lipinski definition) is 1. The van der Waals surface area contributed by atoms with Crippen LogP contribution in [0.3, 0.4) is 0 Å². The van der Waals surface area contributed by atoms with E-state index in [2.05, 4.69) is 29.8 Å². The van der Waals surface area contributed by atoms with Crippen LogP contribution < -0.4 is 10.6 Å². The molecule has 1 aromatic carbocycles. The lowest BCUT2D eigenvalue weighted by molar-refractivity contribution is 0.625. The molecule has 1 aliphatic heterocycles. The predicted molar refractivity (Wildman–Crippen MR) is 88.2 cm³/mol. The van der Waals surface area contributed by atoms with Crippen molar-refractivity contribution in [2.75, 3.05) is 11.4 Å². The van der Waals surface area contributed by atoms with Gasteiger partial charge in [0, 0.05) is 24.2 Å². The van der Waals surface area contributed by atoms with Crippen LogP contribution in [0.25, 0.3) is 10.9 Å². The molecule has 0 amide bonds. The van der Waals surface area contributed by atoms with E-state index in [4.69, 9.17) is 18.0 Å². The van der Waals surface area contributed by atoms with E-state index in [1.165, 1.54) is 6.42 Å². The van der Waals surface area contributed by atoms with Gasteiger partial charge in [-0.3, -0.25) is 4.98 Å². The number of fused-ring (bicyclic) bond motifs is 1. The van der Waals surface area contributed by atoms with E-state index < -0.39 is 0 Å². The van der Waals surface area contributed by atoms with Gasteiger partial charge in [0.05, 0.1) is 16.8 Å². The van der Waals surface area contributed by atoms with Crippen molar-refractivity contribution in [3.05, 3.63) is 36.0 Å². The summed E-state index contributed by atoms with van der Waals surface area (Å²) in [6, 6.07) is 8.70. The number of benzene rings is 1. The predicted octanol–water partition coefficient (Wildman–Crippen LogP) is 3.10. The highest BCUT2D eigenvalue weighted by molar-refractivity contribution is 7.80. The van der Waals surface area contributed by atoms with Crippen molar-refractivity contribution in [2.45, 2.75) is 26.3 Å². The molecule has 0 spiro atoms. The third-order valence-electron chi connectivity index (χ3n) is 4.08. The van der Waals surface area contributed by atoms with Crippen molar-refractivity contribution in [1.29, 1.82) is 0 Å². The van der Waals surface area contributed by atoms with Gasteiger partial charge in [-0.25, -0.2) is 0 Å². The molecule has 0 saturated carbocycles. The Bertz CT molecular complexity index is 668. The molecular weight excluding hydrogens is 266 g/mol. The Kier molecular flexibility index (Phi) is 3.34. The van der Waals surface area contributed by atoms with Gasteiger partial charge < -0.3 is 10.6 Å². The van der Waals surface area contributed by atoms with Crippen molar-refractivity contribution in [2.24, 2.45) is 11.7 Å². The first-order chi connectivity index (χ1) is 9.58. The van der Waals surface area contributed by atoms with Crippen LogP contribution in [0, 0.1) is 5.92 Å². The molecule has 1 saturated heterocycles. The molecule has 2 atom stereocenters. The van der Waals surface area contributed by atoms with E-state index in [-0.39, 0.29) is 0 Å². The molecule has 2 aromatic rings. The standard InChI is InChI=1S/C16H19N3S/c1-10-7-11(2)19(9-10)15-12-5-3-4-6-14(12)18-8-13(15)16(17)20/h3-6,8,10-11H,7,9H2,1-2H3,(H2,17,20). The number of thiocarbonyl (C=S) groups is 1. The van der Waals surface area contributed by atoms with E-state index in [0.29, 0.717) is 16.9 Å². The molecule has 2 unspecified atom stereocenters. The number of nitrogens with two attached hydrogens (primary N) is 1. The Labute approximate surface area is 124 Å². The third kappa shape index (κ3) is 2.14. The van der Waals surface area contributed by atoms with Crippen LogP contribution in [0.2, 0.25) is 0 Å². The fraction of sp³-hybridized carbons (Fsp3) is 0.375. The van der Waals surface area contributed by atoms with Gasteiger partial charge in [-0.05, 0) is 25.3 Å². The highest BCUT2D eigenvalue weighted by Gasteiger charge is 2.29. The Balaban J connectivity index is 2.25. The van der Waals surface area contributed by atoms with Gasteiger partial charge in [-0.2, -0.15) is 0 Å². The van der Waals surface area contributed by atoms with Crippen LogP contribution in [-0.4, -0.2) is 22.6 Å². The molecule has 0 bridgehead atoms.